The molecule has 4 rings (SSSR count). The number of benzene rings is 1. The van der Waals surface area contributed by atoms with Gasteiger partial charge in [0.15, 0.2) is 6.29 Å². The van der Waals surface area contributed by atoms with Crippen LogP contribution in [0.25, 0.3) is 0 Å². The maximum Gasteiger partial charge on any atom is 0.410 e. The Bertz CT molecular complexity index is 614. The van der Waals surface area contributed by atoms with Crippen LogP contribution in [0.2, 0.25) is 0 Å². The van der Waals surface area contributed by atoms with E-state index < -0.39 is 11.9 Å². The lowest BCUT2D eigenvalue weighted by molar-refractivity contribution is -0.248. The van der Waals surface area contributed by atoms with Crippen molar-refractivity contribution >= 4 is 6.09 Å². The number of carbonyl (C=O) groups excluding carboxylic acids is 1. The van der Waals surface area contributed by atoms with Crippen LogP contribution in [0.5, 0.6) is 0 Å². The highest BCUT2D eigenvalue weighted by Crippen LogP contribution is 2.42. The second-order valence-corrected chi connectivity index (χ2v) is 7.52. The Labute approximate surface area is 141 Å². The van der Waals surface area contributed by atoms with Crippen molar-refractivity contribution in [2.75, 3.05) is 13.2 Å². The molecular weight excluding hydrogens is 310 g/mol. The van der Waals surface area contributed by atoms with Crippen LogP contribution in [0.4, 0.5) is 4.79 Å². The number of epoxide rings is 1. The van der Waals surface area contributed by atoms with E-state index in [-0.39, 0.29) is 30.4 Å². The molecule has 6 nitrogen and oxygen atoms in total. The van der Waals surface area contributed by atoms with Gasteiger partial charge >= 0.3 is 6.09 Å². The number of piperidine rings is 1. The molecule has 5 unspecified atom stereocenters. The van der Waals surface area contributed by atoms with Crippen LogP contribution >= 0.6 is 0 Å². The van der Waals surface area contributed by atoms with Gasteiger partial charge in [0.25, 0.3) is 0 Å². The van der Waals surface area contributed by atoms with E-state index in [1.54, 1.807) is 4.90 Å². The van der Waals surface area contributed by atoms with Gasteiger partial charge in [-0.3, -0.25) is 4.90 Å². The molecule has 0 radical (unpaired) electrons. The van der Waals surface area contributed by atoms with E-state index >= 15 is 0 Å². The number of ether oxygens (including phenoxy) is 4. The number of hydrogen-bond donors (Lipinski definition) is 0. The van der Waals surface area contributed by atoms with E-state index in [0.29, 0.717) is 13.2 Å². The maximum absolute atomic E-state index is 12.5. The fourth-order valence-electron chi connectivity index (χ4n) is 3.35. The highest BCUT2D eigenvalue weighted by molar-refractivity contribution is 5.69. The molecule has 0 aromatic heterocycles. The highest BCUT2D eigenvalue weighted by atomic mass is 16.7. The summed E-state index contributed by atoms with van der Waals surface area (Å²) in [4.78, 5) is 14.2. The Morgan fingerprint density at radius 3 is 2.62 bits per heavy atom. The van der Waals surface area contributed by atoms with E-state index in [4.69, 9.17) is 18.9 Å². The van der Waals surface area contributed by atoms with Crippen LogP contribution < -0.4 is 0 Å². The van der Waals surface area contributed by atoms with Gasteiger partial charge in [-0.05, 0) is 20.8 Å². The Morgan fingerprint density at radius 1 is 1.17 bits per heavy atom. The molecule has 3 fully saturated rings. The summed E-state index contributed by atoms with van der Waals surface area (Å²) >= 11 is 0. The molecular formula is C18H23NO5. The number of fused-ring (bicyclic) bond motifs is 3. The second kappa shape index (κ2) is 5.72. The molecule has 1 amide bonds. The molecule has 0 bridgehead atoms. The molecule has 0 N–H and O–H groups in total. The van der Waals surface area contributed by atoms with Gasteiger partial charge in [0.1, 0.15) is 23.9 Å². The summed E-state index contributed by atoms with van der Waals surface area (Å²) in [5, 5.41) is 0. The molecule has 3 saturated heterocycles. The summed E-state index contributed by atoms with van der Waals surface area (Å²) in [6, 6.07) is 9.65. The SMILES string of the molecule is CC(C)(C)OC(=O)N1CC2OC2C2OC(c3ccccc3)OCC21. The van der Waals surface area contributed by atoms with Crippen molar-refractivity contribution in [2.24, 2.45) is 0 Å². The molecule has 0 spiro atoms. The monoisotopic (exact) mass is 333 g/mol. The first-order valence-corrected chi connectivity index (χ1v) is 8.39. The lowest BCUT2D eigenvalue weighted by atomic mass is 9.98. The quantitative estimate of drug-likeness (QED) is 0.739. The van der Waals surface area contributed by atoms with Gasteiger partial charge < -0.3 is 18.9 Å². The molecule has 3 aliphatic rings. The minimum Gasteiger partial charge on any atom is -0.444 e. The number of likely N-dealkylation sites (tertiary alicyclic amines) is 1. The third kappa shape index (κ3) is 3.01. The maximum atomic E-state index is 12.5. The van der Waals surface area contributed by atoms with Gasteiger partial charge in [-0.1, -0.05) is 30.3 Å². The number of hydrogen-bond acceptors (Lipinski definition) is 5. The first-order chi connectivity index (χ1) is 11.4. The van der Waals surface area contributed by atoms with Gasteiger partial charge in [-0.25, -0.2) is 4.79 Å². The number of carbonyl (C=O) groups is 1. The lowest BCUT2D eigenvalue weighted by Crippen LogP contribution is -2.60. The van der Waals surface area contributed by atoms with Crippen molar-refractivity contribution < 1.29 is 23.7 Å². The Morgan fingerprint density at radius 2 is 1.92 bits per heavy atom. The third-order valence-electron chi connectivity index (χ3n) is 4.50. The summed E-state index contributed by atoms with van der Waals surface area (Å²) in [6.07, 6.45) is -0.861. The second-order valence-electron chi connectivity index (χ2n) is 7.52. The molecule has 1 aromatic carbocycles. The molecule has 0 saturated carbocycles. The van der Waals surface area contributed by atoms with Crippen LogP contribution in [-0.2, 0) is 18.9 Å². The van der Waals surface area contributed by atoms with E-state index in [0.717, 1.165) is 5.56 Å². The summed E-state index contributed by atoms with van der Waals surface area (Å²) in [5.41, 5.74) is 0.444. The molecule has 5 atom stereocenters. The Kier molecular flexibility index (Phi) is 3.78. The third-order valence-corrected chi connectivity index (χ3v) is 4.50. The van der Waals surface area contributed by atoms with Crippen molar-refractivity contribution in [1.29, 1.82) is 0 Å². The zero-order chi connectivity index (χ0) is 16.9. The van der Waals surface area contributed by atoms with Crippen LogP contribution in [-0.4, -0.2) is 54.1 Å². The normalized spacial score (nSPS) is 35.0. The average Bonchev–Trinajstić information content (AvgIpc) is 3.32. The fourth-order valence-corrected chi connectivity index (χ4v) is 3.35. The van der Waals surface area contributed by atoms with Gasteiger partial charge in [0.2, 0.25) is 0 Å². The summed E-state index contributed by atoms with van der Waals surface area (Å²) in [7, 11) is 0. The van der Waals surface area contributed by atoms with Crippen molar-refractivity contribution in [1.82, 2.24) is 4.90 Å². The van der Waals surface area contributed by atoms with Crippen molar-refractivity contribution in [2.45, 2.75) is 57.0 Å². The van der Waals surface area contributed by atoms with E-state index in [9.17, 15) is 4.79 Å². The molecule has 1 aromatic rings. The summed E-state index contributed by atoms with van der Waals surface area (Å²) in [6.45, 7) is 6.53. The van der Waals surface area contributed by atoms with E-state index in [1.165, 1.54) is 0 Å². The fraction of sp³-hybridized carbons (Fsp3) is 0.611. The van der Waals surface area contributed by atoms with Gasteiger partial charge in [0, 0.05) is 5.56 Å². The summed E-state index contributed by atoms with van der Waals surface area (Å²) in [5.74, 6) is 0. The number of rotatable bonds is 1. The standard InChI is InChI=1S/C18H23NO5/c1-18(2,3)24-17(20)19-9-13-15(22-13)14-12(19)10-21-16(23-14)11-7-5-4-6-8-11/h4-8,12-16H,9-10H2,1-3H3. The van der Waals surface area contributed by atoms with Gasteiger partial charge in [-0.2, -0.15) is 0 Å². The molecule has 6 heteroatoms. The van der Waals surface area contributed by atoms with Gasteiger partial charge in [-0.15, -0.1) is 0 Å². The number of amides is 1. The molecule has 3 heterocycles. The topological polar surface area (TPSA) is 60.5 Å². The predicted molar refractivity (Wildman–Crippen MR) is 85.4 cm³/mol. The zero-order valence-electron chi connectivity index (χ0n) is 14.2. The van der Waals surface area contributed by atoms with Crippen LogP contribution in [0.3, 0.4) is 0 Å². The van der Waals surface area contributed by atoms with E-state index in [1.807, 2.05) is 51.1 Å². The molecule has 0 aliphatic carbocycles. The average molecular weight is 333 g/mol. The molecule has 3 aliphatic heterocycles. The first kappa shape index (κ1) is 15.9. The largest absolute Gasteiger partial charge is 0.444 e. The van der Waals surface area contributed by atoms with Crippen molar-refractivity contribution in [3.8, 4) is 0 Å². The van der Waals surface area contributed by atoms with Gasteiger partial charge in [0.05, 0.1) is 19.2 Å². The highest BCUT2D eigenvalue weighted by Gasteiger charge is 2.59. The minimum atomic E-state index is -0.531. The number of nitrogens with zero attached hydrogens (tertiary/aromatic N) is 1. The smallest absolute Gasteiger partial charge is 0.410 e. The Balaban J connectivity index is 1.50. The summed E-state index contributed by atoms with van der Waals surface area (Å²) < 4.78 is 23.3. The first-order valence-electron chi connectivity index (χ1n) is 8.39. The van der Waals surface area contributed by atoms with Crippen LogP contribution in [0, 0.1) is 0 Å². The van der Waals surface area contributed by atoms with Crippen LogP contribution in [0.15, 0.2) is 30.3 Å². The lowest BCUT2D eigenvalue weighted by Gasteiger charge is -2.44. The Hall–Kier alpha value is -1.63. The molecule has 130 valence electrons. The van der Waals surface area contributed by atoms with Crippen molar-refractivity contribution in [3.63, 3.8) is 0 Å². The zero-order valence-corrected chi connectivity index (χ0v) is 14.2. The predicted octanol–water partition coefficient (Wildman–Crippen LogP) is 2.49. The van der Waals surface area contributed by atoms with Crippen molar-refractivity contribution in [3.05, 3.63) is 35.9 Å². The molecule has 24 heavy (non-hydrogen) atoms. The van der Waals surface area contributed by atoms with Crippen LogP contribution in [0.1, 0.15) is 32.6 Å². The minimum absolute atomic E-state index is 0.0355. The van der Waals surface area contributed by atoms with E-state index in [2.05, 4.69) is 0 Å².